The molecule has 2 aromatic heterocycles. The molecule has 0 saturated heterocycles. The van der Waals surface area contributed by atoms with E-state index in [-0.39, 0.29) is 11.9 Å². The molecule has 4 rings (SSSR count). The Bertz CT molecular complexity index is 1040. The van der Waals surface area contributed by atoms with Crippen LogP contribution >= 0.6 is 11.3 Å². The lowest BCUT2D eigenvalue weighted by molar-refractivity contribution is -0.117. The molecule has 1 aliphatic rings. The molecule has 1 aliphatic carbocycles. The van der Waals surface area contributed by atoms with E-state index in [4.69, 9.17) is 9.72 Å². The summed E-state index contributed by atoms with van der Waals surface area (Å²) in [5.74, 6) is 2.06. The van der Waals surface area contributed by atoms with Gasteiger partial charge in [-0.25, -0.2) is 4.98 Å². The molecule has 156 valence electrons. The average molecular weight is 424 g/mol. The van der Waals surface area contributed by atoms with E-state index < -0.39 is 0 Å². The minimum atomic E-state index is -0.101. The highest BCUT2D eigenvalue weighted by Gasteiger charge is 2.23. The van der Waals surface area contributed by atoms with Gasteiger partial charge >= 0.3 is 0 Å². The average Bonchev–Trinajstić information content (AvgIpc) is 3.24. The van der Waals surface area contributed by atoms with Crippen molar-refractivity contribution in [2.24, 2.45) is 0 Å². The number of carbonyl (C=O) groups excluding carboxylic acids is 1. The zero-order valence-electron chi connectivity index (χ0n) is 16.9. The number of hydrogen-bond donors (Lipinski definition) is 3. The lowest BCUT2D eigenvalue weighted by atomic mass is 9.91. The number of hydrogen-bond acceptors (Lipinski definition) is 7. The van der Waals surface area contributed by atoms with Crippen molar-refractivity contribution in [2.75, 3.05) is 17.7 Å². The summed E-state index contributed by atoms with van der Waals surface area (Å²) in [7, 11) is 1.65. The Morgan fingerprint density at radius 2 is 2.00 bits per heavy atom. The first-order valence-electron chi connectivity index (χ1n) is 10.0. The Kier molecular flexibility index (Phi) is 6.13. The number of nitrogens with zero attached hydrogens (tertiary/aromatic N) is 2. The standard InChI is InChI=1S/C22H25N5O2S/c1-3-19(28)23-14-7-9-15(10-8-14)24-21-20-18(11-12-30-20)26-22(27-21)25-16-5-4-6-17(13-16)29-2/h3-6,11-15H,1,7-10H2,2H3,(H,23,28)(H2,24,25,26,27)/t14-,15+. The largest absolute Gasteiger partial charge is 0.497 e. The van der Waals surface area contributed by atoms with Crippen molar-refractivity contribution >= 4 is 44.9 Å². The van der Waals surface area contributed by atoms with E-state index in [1.165, 1.54) is 6.08 Å². The molecular weight excluding hydrogens is 398 g/mol. The van der Waals surface area contributed by atoms with E-state index in [1.54, 1.807) is 18.4 Å². The van der Waals surface area contributed by atoms with E-state index in [0.29, 0.717) is 12.0 Å². The first-order valence-corrected chi connectivity index (χ1v) is 10.9. The van der Waals surface area contributed by atoms with Crippen molar-refractivity contribution in [3.05, 3.63) is 48.4 Å². The molecule has 3 aromatic rings. The second-order valence-corrected chi connectivity index (χ2v) is 8.21. The number of aromatic nitrogens is 2. The molecule has 0 radical (unpaired) electrons. The third-order valence-corrected chi connectivity index (χ3v) is 6.14. The SMILES string of the molecule is C=CC(=O)N[C@H]1CC[C@@H](Nc2nc(Nc3cccc(OC)c3)nc3ccsc23)CC1. The predicted molar refractivity (Wildman–Crippen MR) is 122 cm³/mol. The highest BCUT2D eigenvalue weighted by Crippen LogP contribution is 2.31. The summed E-state index contributed by atoms with van der Waals surface area (Å²) in [5, 5.41) is 11.9. The lowest BCUT2D eigenvalue weighted by Crippen LogP contribution is -2.39. The number of anilines is 3. The van der Waals surface area contributed by atoms with E-state index in [1.807, 2.05) is 35.7 Å². The molecule has 2 heterocycles. The fraction of sp³-hybridized carbons (Fsp3) is 0.318. The Morgan fingerprint density at radius 1 is 1.20 bits per heavy atom. The Labute approximate surface area is 179 Å². The van der Waals surface area contributed by atoms with Crippen molar-refractivity contribution in [1.29, 1.82) is 0 Å². The summed E-state index contributed by atoms with van der Waals surface area (Å²) in [6, 6.07) is 10.2. The van der Waals surface area contributed by atoms with Crippen LogP contribution in [-0.2, 0) is 4.79 Å². The lowest BCUT2D eigenvalue weighted by Gasteiger charge is -2.29. The van der Waals surface area contributed by atoms with Gasteiger partial charge in [0, 0.05) is 23.8 Å². The molecular formula is C22H25N5O2S. The molecule has 8 heteroatoms. The molecule has 0 spiro atoms. The monoisotopic (exact) mass is 423 g/mol. The Hall–Kier alpha value is -3.13. The number of thiophene rings is 1. The van der Waals surface area contributed by atoms with Crippen molar-refractivity contribution < 1.29 is 9.53 Å². The molecule has 0 unspecified atom stereocenters. The second-order valence-electron chi connectivity index (χ2n) is 7.29. The molecule has 7 nitrogen and oxygen atoms in total. The number of benzene rings is 1. The maximum Gasteiger partial charge on any atom is 0.243 e. The minimum Gasteiger partial charge on any atom is -0.497 e. The predicted octanol–water partition coefficient (Wildman–Crippen LogP) is 4.47. The highest BCUT2D eigenvalue weighted by molar-refractivity contribution is 7.17. The van der Waals surface area contributed by atoms with E-state index in [9.17, 15) is 4.79 Å². The third-order valence-electron chi connectivity index (χ3n) is 5.23. The first-order chi connectivity index (χ1) is 14.6. The number of fused-ring (bicyclic) bond motifs is 1. The number of rotatable bonds is 7. The normalized spacial score (nSPS) is 18.6. The van der Waals surface area contributed by atoms with E-state index in [2.05, 4.69) is 27.5 Å². The van der Waals surface area contributed by atoms with Crippen molar-refractivity contribution in [3.63, 3.8) is 0 Å². The maximum atomic E-state index is 11.5. The van der Waals surface area contributed by atoms with Gasteiger partial charge in [-0.1, -0.05) is 12.6 Å². The number of ether oxygens (including phenoxy) is 1. The van der Waals surface area contributed by atoms with Crippen molar-refractivity contribution in [1.82, 2.24) is 15.3 Å². The van der Waals surface area contributed by atoms with Crippen molar-refractivity contribution in [3.8, 4) is 5.75 Å². The van der Waals surface area contributed by atoms with Crippen LogP contribution in [0.3, 0.4) is 0 Å². The molecule has 1 aromatic carbocycles. The fourth-order valence-corrected chi connectivity index (χ4v) is 4.47. The van der Waals surface area contributed by atoms with Crippen LogP contribution in [0.5, 0.6) is 5.75 Å². The summed E-state index contributed by atoms with van der Waals surface area (Å²) in [5.41, 5.74) is 1.78. The van der Waals surface area contributed by atoms with Crippen LogP contribution in [0.2, 0.25) is 0 Å². The van der Waals surface area contributed by atoms with Gasteiger partial charge in [0.1, 0.15) is 11.6 Å². The molecule has 0 atom stereocenters. The van der Waals surface area contributed by atoms with Crippen LogP contribution < -0.4 is 20.7 Å². The summed E-state index contributed by atoms with van der Waals surface area (Å²) in [6.07, 6.45) is 5.14. The van der Waals surface area contributed by atoms with Crippen molar-refractivity contribution in [2.45, 2.75) is 37.8 Å². The van der Waals surface area contributed by atoms with Crippen LogP contribution in [-0.4, -0.2) is 35.1 Å². The zero-order valence-corrected chi connectivity index (χ0v) is 17.7. The topological polar surface area (TPSA) is 88.2 Å². The number of methoxy groups -OCH3 is 1. The summed E-state index contributed by atoms with van der Waals surface area (Å²) < 4.78 is 6.34. The summed E-state index contributed by atoms with van der Waals surface area (Å²) in [4.78, 5) is 20.9. The van der Waals surface area contributed by atoms with Gasteiger partial charge in [0.25, 0.3) is 0 Å². The van der Waals surface area contributed by atoms with Gasteiger partial charge in [-0.3, -0.25) is 4.79 Å². The fourth-order valence-electron chi connectivity index (χ4n) is 3.68. The van der Waals surface area contributed by atoms with E-state index >= 15 is 0 Å². The Morgan fingerprint density at radius 3 is 2.77 bits per heavy atom. The van der Waals surface area contributed by atoms with Gasteiger partial charge in [-0.2, -0.15) is 4.98 Å². The first kappa shape index (κ1) is 20.2. The number of nitrogens with one attached hydrogen (secondary N) is 3. The third kappa shape index (κ3) is 4.71. The van der Waals surface area contributed by atoms with Gasteiger partial charge in [0.2, 0.25) is 11.9 Å². The molecule has 1 amide bonds. The van der Waals surface area contributed by atoms with Crippen LogP contribution in [0.25, 0.3) is 10.2 Å². The summed E-state index contributed by atoms with van der Waals surface area (Å²) in [6.45, 7) is 3.52. The molecule has 1 saturated carbocycles. The molecule has 0 aliphatic heterocycles. The van der Waals surface area contributed by atoms with Gasteiger partial charge in [0.15, 0.2) is 0 Å². The molecule has 3 N–H and O–H groups in total. The van der Waals surface area contributed by atoms with Crippen LogP contribution in [0, 0.1) is 0 Å². The maximum absolute atomic E-state index is 11.5. The summed E-state index contributed by atoms with van der Waals surface area (Å²) >= 11 is 1.63. The highest BCUT2D eigenvalue weighted by atomic mass is 32.1. The van der Waals surface area contributed by atoms with Gasteiger partial charge in [-0.15, -0.1) is 11.3 Å². The van der Waals surface area contributed by atoms with Crippen LogP contribution in [0.1, 0.15) is 25.7 Å². The number of carbonyl (C=O) groups is 1. The zero-order chi connectivity index (χ0) is 20.9. The molecule has 30 heavy (non-hydrogen) atoms. The van der Waals surface area contributed by atoms with Crippen LogP contribution in [0.4, 0.5) is 17.5 Å². The van der Waals surface area contributed by atoms with Gasteiger partial charge in [-0.05, 0) is 55.3 Å². The van der Waals surface area contributed by atoms with E-state index in [0.717, 1.165) is 53.2 Å². The minimum absolute atomic E-state index is 0.101. The van der Waals surface area contributed by atoms with Crippen LogP contribution in [0.15, 0.2) is 48.4 Å². The van der Waals surface area contributed by atoms with Gasteiger partial charge < -0.3 is 20.7 Å². The molecule has 0 bridgehead atoms. The Balaban J connectivity index is 1.48. The quantitative estimate of drug-likeness (QED) is 0.486. The van der Waals surface area contributed by atoms with Gasteiger partial charge in [0.05, 0.1) is 17.3 Å². The number of amides is 1. The second kappa shape index (κ2) is 9.13. The smallest absolute Gasteiger partial charge is 0.243 e. The molecule has 1 fully saturated rings.